The van der Waals surface area contributed by atoms with Gasteiger partial charge in [0.2, 0.25) is 0 Å². The quantitative estimate of drug-likeness (QED) is 0.929. The molecule has 1 aromatic heterocycles. The summed E-state index contributed by atoms with van der Waals surface area (Å²) in [7, 11) is 0. The summed E-state index contributed by atoms with van der Waals surface area (Å²) < 4.78 is 11.3. The standard InChI is InChI=1S/C17H19ClO3/c1-9-10(2)21-11(3)16(9)15(19)8-13-7-14(18)6-12-4-5-20-17(12)13/h6-7,15,19H,4-5,8H2,1-3H3. The van der Waals surface area contributed by atoms with E-state index < -0.39 is 6.10 Å². The van der Waals surface area contributed by atoms with Crippen molar-refractivity contribution in [3.63, 3.8) is 0 Å². The minimum Gasteiger partial charge on any atom is -0.493 e. The minimum absolute atomic E-state index is 0.476. The van der Waals surface area contributed by atoms with E-state index in [1.807, 2.05) is 32.9 Å². The topological polar surface area (TPSA) is 42.6 Å². The first kappa shape index (κ1) is 14.5. The maximum atomic E-state index is 10.6. The average Bonchev–Trinajstić information content (AvgIpc) is 2.95. The first-order valence-electron chi connectivity index (χ1n) is 7.16. The Morgan fingerprint density at radius 2 is 2.00 bits per heavy atom. The zero-order valence-corrected chi connectivity index (χ0v) is 13.3. The molecule has 3 nitrogen and oxygen atoms in total. The molecule has 0 amide bonds. The molecule has 0 bridgehead atoms. The van der Waals surface area contributed by atoms with E-state index in [1.54, 1.807) is 0 Å². The van der Waals surface area contributed by atoms with Crippen LogP contribution in [0.3, 0.4) is 0 Å². The maximum Gasteiger partial charge on any atom is 0.126 e. The zero-order chi connectivity index (χ0) is 15.1. The fourth-order valence-electron chi connectivity index (χ4n) is 3.11. The summed E-state index contributed by atoms with van der Waals surface area (Å²) in [6.45, 7) is 6.46. The van der Waals surface area contributed by atoms with E-state index in [9.17, 15) is 5.11 Å². The molecular formula is C17H19ClO3. The number of hydrogen-bond donors (Lipinski definition) is 1. The molecule has 21 heavy (non-hydrogen) atoms. The molecule has 1 unspecified atom stereocenters. The second-order valence-corrected chi connectivity index (χ2v) is 6.06. The molecule has 1 aromatic carbocycles. The number of rotatable bonds is 3. The smallest absolute Gasteiger partial charge is 0.126 e. The van der Waals surface area contributed by atoms with Crippen molar-refractivity contribution in [3.05, 3.63) is 50.9 Å². The van der Waals surface area contributed by atoms with Crippen LogP contribution in [0.5, 0.6) is 5.75 Å². The van der Waals surface area contributed by atoms with E-state index >= 15 is 0 Å². The first-order valence-corrected chi connectivity index (χ1v) is 7.53. The molecular weight excluding hydrogens is 288 g/mol. The molecule has 1 atom stereocenters. The third kappa shape index (κ3) is 2.56. The number of fused-ring (bicyclic) bond motifs is 1. The van der Waals surface area contributed by atoms with Crippen molar-refractivity contribution in [2.75, 3.05) is 6.61 Å². The van der Waals surface area contributed by atoms with Crippen LogP contribution in [0.1, 0.15) is 39.9 Å². The van der Waals surface area contributed by atoms with Crippen LogP contribution >= 0.6 is 11.6 Å². The van der Waals surface area contributed by atoms with Crippen LogP contribution in [0.2, 0.25) is 5.02 Å². The maximum absolute atomic E-state index is 10.6. The van der Waals surface area contributed by atoms with E-state index in [0.29, 0.717) is 18.1 Å². The molecule has 0 radical (unpaired) electrons. The average molecular weight is 307 g/mol. The molecule has 0 spiro atoms. The number of ether oxygens (including phenoxy) is 1. The van der Waals surface area contributed by atoms with E-state index in [0.717, 1.165) is 45.9 Å². The van der Waals surface area contributed by atoms with Crippen LogP contribution in [0.4, 0.5) is 0 Å². The van der Waals surface area contributed by atoms with Crippen molar-refractivity contribution in [2.45, 2.75) is 39.7 Å². The van der Waals surface area contributed by atoms with Gasteiger partial charge in [-0.15, -0.1) is 0 Å². The van der Waals surface area contributed by atoms with Gasteiger partial charge in [-0.25, -0.2) is 0 Å². The number of halogens is 1. The van der Waals surface area contributed by atoms with E-state index in [-0.39, 0.29) is 0 Å². The lowest BCUT2D eigenvalue weighted by Gasteiger charge is -2.14. The summed E-state index contributed by atoms with van der Waals surface area (Å²) in [5, 5.41) is 11.3. The molecule has 0 fully saturated rings. The predicted octanol–water partition coefficient (Wildman–Crippen LogP) is 4.07. The van der Waals surface area contributed by atoms with Crippen molar-refractivity contribution < 1.29 is 14.3 Å². The van der Waals surface area contributed by atoms with E-state index in [1.165, 1.54) is 0 Å². The second-order valence-electron chi connectivity index (χ2n) is 5.62. The van der Waals surface area contributed by atoms with Crippen LogP contribution in [0, 0.1) is 20.8 Å². The van der Waals surface area contributed by atoms with Gasteiger partial charge >= 0.3 is 0 Å². The fraction of sp³-hybridized carbons (Fsp3) is 0.412. The van der Waals surface area contributed by atoms with Crippen LogP contribution in [-0.2, 0) is 12.8 Å². The van der Waals surface area contributed by atoms with Gasteiger partial charge in [0.05, 0.1) is 12.7 Å². The summed E-state index contributed by atoms with van der Waals surface area (Å²) in [5.41, 5.74) is 3.97. The Balaban J connectivity index is 1.94. The van der Waals surface area contributed by atoms with Gasteiger partial charge < -0.3 is 14.3 Å². The van der Waals surface area contributed by atoms with Crippen molar-refractivity contribution >= 4 is 11.6 Å². The molecule has 1 aliphatic heterocycles. The van der Waals surface area contributed by atoms with Gasteiger partial charge in [0.1, 0.15) is 17.3 Å². The number of benzene rings is 1. The van der Waals surface area contributed by atoms with Gasteiger partial charge in [-0.05, 0) is 49.6 Å². The van der Waals surface area contributed by atoms with Gasteiger partial charge in [0.15, 0.2) is 0 Å². The third-order valence-electron chi connectivity index (χ3n) is 4.19. The highest BCUT2D eigenvalue weighted by Crippen LogP contribution is 2.37. The normalized spacial score (nSPS) is 14.9. The lowest BCUT2D eigenvalue weighted by Crippen LogP contribution is -2.05. The van der Waals surface area contributed by atoms with Gasteiger partial charge in [0.25, 0.3) is 0 Å². The molecule has 2 heterocycles. The highest BCUT2D eigenvalue weighted by atomic mass is 35.5. The predicted molar refractivity (Wildman–Crippen MR) is 82.2 cm³/mol. The third-order valence-corrected chi connectivity index (χ3v) is 4.41. The second kappa shape index (κ2) is 5.39. The molecule has 0 saturated heterocycles. The highest BCUT2D eigenvalue weighted by Gasteiger charge is 2.23. The lowest BCUT2D eigenvalue weighted by atomic mass is 9.96. The molecule has 2 aromatic rings. The monoisotopic (exact) mass is 306 g/mol. The fourth-order valence-corrected chi connectivity index (χ4v) is 3.37. The molecule has 1 aliphatic rings. The first-order chi connectivity index (χ1) is 9.97. The van der Waals surface area contributed by atoms with Gasteiger partial charge in [-0.1, -0.05) is 11.6 Å². The lowest BCUT2D eigenvalue weighted by molar-refractivity contribution is 0.174. The van der Waals surface area contributed by atoms with Crippen molar-refractivity contribution in [1.29, 1.82) is 0 Å². The molecule has 4 heteroatoms. The summed E-state index contributed by atoms with van der Waals surface area (Å²) in [6.07, 6.45) is 0.736. The van der Waals surface area contributed by atoms with Crippen LogP contribution in [0.15, 0.2) is 16.5 Å². The molecule has 1 N–H and O–H groups in total. The molecule has 0 aliphatic carbocycles. The van der Waals surface area contributed by atoms with E-state index in [2.05, 4.69) is 0 Å². The summed E-state index contributed by atoms with van der Waals surface area (Å²) in [4.78, 5) is 0. The molecule has 112 valence electrons. The Hall–Kier alpha value is -1.45. The minimum atomic E-state index is -0.616. The van der Waals surface area contributed by atoms with Gasteiger partial charge in [-0.3, -0.25) is 0 Å². The number of aliphatic hydroxyl groups is 1. The highest BCUT2D eigenvalue weighted by molar-refractivity contribution is 6.30. The Morgan fingerprint density at radius 1 is 1.24 bits per heavy atom. The van der Waals surface area contributed by atoms with Crippen molar-refractivity contribution in [3.8, 4) is 5.75 Å². The number of aryl methyl sites for hydroxylation is 2. The summed E-state index contributed by atoms with van der Waals surface area (Å²) in [6, 6.07) is 3.82. The van der Waals surface area contributed by atoms with Crippen molar-refractivity contribution in [2.24, 2.45) is 0 Å². The van der Waals surface area contributed by atoms with Crippen molar-refractivity contribution in [1.82, 2.24) is 0 Å². The van der Waals surface area contributed by atoms with E-state index in [4.69, 9.17) is 20.8 Å². The Bertz CT molecular complexity index is 688. The van der Waals surface area contributed by atoms with Crippen LogP contribution in [0.25, 0.3) is 0 Å². The molecule has 3 rings (SSSR count). The Labute approximate surface area is 129 Å². The SMILES string of the molecule is Cc1oc(C)c(C(O)Cc2cc(Cl)cc3c2OCC3)c1C. The number of hydrogen-bond acceptors (Lipinski definition) is 3. The largest absolute Gasteiger partial charge is 0.493 e. The summed E-state index contributed by atoms with van der Waals surface area (Å²) in [5.74, 6) is 2.51. The number of aliphatic hydroxyl groups excluding tert-OH is 1. The zero-order valence-electron chi connectivity index (χ0n) is 12.5. The Kier molecular flexibility index (Phi) is 3.72. The summed E-state index contributed by atoms with van der Waals surface area (Å²) >= 11 is 6.17. The Morgan fingerprint density at radius 3 is 2.67 bits per heavy atom. The number of furan rings is 1. The van der Waals surface area contributed by atoms with Gasteiger partial charge in [0, 0.05) is 23.4 Å². The van der Waals surface area contributed by atoms with Crippen LogP contribution in [-0.4, -0.2) is 11.7 Å². The molecule has 0 saturated carbocycles. The van der Waals surface area contributed by atoms with Gasteiger partial charge in [-0.2, -0.15) is 0 Å². The van der Waals surface area contributed by atoms with Crippen LogP contribution < -0.4 is 4.74 Å².